The van der Waals surface area contributed by atoms with Gasteiger partial charge in [0.25, 0.3) is 0 Å². The van der Waals surface area contributed by atoms with Gasteiger partial charge >= 0.3 is 6.03 Å². The summed E-state index contributed by atoms with van der Waals surface area (Å²) in [5.74, 6) is 1.19. The predicted octanol–water partition coefficient (Wildman–Crippen LogP) is 4.53. The average Bonchev–Trinajstić information content (AvgIpc) is 2.73. The van der Waals surface area contributed by atoms with Crippen molar-refractivity contribution in [1.29, 1.82) is 0 Å². The van der Waals surface area contributed by atoms with Crippen LogP contribution in [0.15, 0.2) is 48.7 Å². The van der Waals surface area contributed by atoms with Crippen LogP contribution in [-0.4, -0.2) is 38.3 Å². The zero-order chi connectivity index (χ0) is 20.6. The highest BCUT2D eigenvalue weighted by atomic mass is 35.5. The number of rotatable bonds is 8. The van der Waals surface area contributed by atoms with E-state index in [1.807, 2.05) is 24.3 Å². The number of fused-ring (bicyclic) bond motifs is 1. The van der Waals surface area contributed by atoms with E-state index >= 15 is 0 Å². The topological polar surface area (TPSA) is 84.5 Å². The summed E-state index contributed by atoms with van der Waals surface area (Å²) in [5.41, 5.74) is 2.40. The van der Waals surface area contributed by atoms with Gasteiger partial charge in [-0.1, -0.05) is 11.6 Å². The maximum absolute atomic E-state index is 12.1. The monoisotopic (exact) mass is 414 g/mol. The Hall–Kier alpha value is -3.19. The lowest BCUT2D eigenvalue weighted by Gasteiger charge is -2.13. The van der Waals surface area contributed by atoms with Gasteiger partial charge < -0.3 is 25.4 Å². The van der Waals surface area contributed by atoms with Crippen LogP contribution in [0.3, 0.4) is 0 Å². The van der Waals surface area contributed by atoms with Crippen LogP contribution in [0.2, 0.25) is 5.02 Å². The first-order valence-corrected chi connectivity index (χ1v) is 9.53. The molecule has 7 nitrogen and oxygen atoms in total. The van der Waals surface area contributed by atoms with Crippen molar-refractivity contribution in [3.05, 3.63) is 53.7 Å². The minimum absolute atomic E-state index is 0.294. The van der Waals surface area contributed by atoms with Crippen LogP contribution in [0, 0.1) is 0 Å². The number of methoxy groups -OCH3 is 2. The highest BCUT2D eigenvalue weighted by Crippen LogP contribution is 2.29. The Bertz CT molecular complexity index is 997. The third-order valence-corrected chi connectivity index (χ3v) is 4.55. The summed E-state index contributed by atoms with van der Waals surface area (Å²) in [6.45, 7) is 1.22. The summed E-state index contributed by atoms with van der Waals surface area (Å²) in [6.07, 6.45) is 2.50. The number of urea groups is 1. The third-order valence-electron chi connectivity index (χ3n) is 4.32. The molecule has 8 heteroatoms. The third kappa shape index (κ3) is 5.42. The van der Waals surface area contributed by atoms with Crippen LogP contribution in [0.4, 0.5) is 16.2 Å². The molecular formula is C21H23ClN4O3. The molecule has 2 aromatic carbocycles. The van der Waals surface area contributed by atoms with Gasteiger partial charge in [-0.2, -0.15) is 0 Å². The van der Waals surface area contributed by atoms with Gasteiger partial charge in [-0.25, -0.2) is 4.79 Å². The molecule has 3 N–H and O–H groups in total. The second-order valence-electron chi connectivity index (χ2n) is 6.25. The van der Waals surface area contributed by atoms with Crippen LogP contribution in [0.5, 0.6) is 11.5 Å². The molecule has 29 heavy (non-hydrogen) atoms. The fraction of sp³-hybridized carbons (Fsp3) is 0.238. The molecule has 0 aliphatic carbocycles. The quantitative estimate of drug-likeness (QED) is 0.471. The average molecular weight is 415 g/mol. The van der Waals surface area contributed by atoms with E-state index in [2.05, 4.69) is 20.9 Å². The number of hydrogen-bond acceptors (Lipinski definition) is 5. The SMILES string of the molecule is COc1ccc(NC(=O)NCCCNc2ccnc3cc(Cl)ccc23)c(OC)c1. The molecule has 0 aliphatic rings. The molecule has 3 rings (SSSR count). The molecule has 1 aromatic heterocycles. The van der Waals surface area contributed by atoms with Gasteiger partial charge in [0.2, 0.25) is 0 Å². The first kappa shape index (κ1) is 20.5. The number of halogens is 1. The van der Waals surface area contributed by atoms with Crippen molar-refractivity contribution in [3.63, 3.8) is 0 Å². The Labute approximate surface area is 174 Å². The Kier molecular flexibility index (Phi) is 6.97. The van der Waals surface area contributed by atoms with E-state index in [1.54, 1.807) is 38.6 Å². The van der Waals surface area contributed by atoms with E-state index in [1.165, 1.54) is 0 Å². The van der Waals surface area contributed by atoms with Crippen LogP contribution in [0.25, 0.3) is 10.9 Å². The van der Waals surface area contributed by atoms with E-state index in [0.29, 0.717) is 35.3 Å². The smallest absolute Gasteiger partial charge is 0.319 e. The second kappa shape index (κ2) is 9.84. The minimum Gasteiger partial charge on any atom is -0.497 e. The summed E-state index contributed by atoms with van der Waals surface area (Å²) in [7, 11) is 3.12. The number of nitrogens with zero attached hydrogens (tertiary/aromatic N) is 1. The van der Waals surface area contributed by atoms with Crippen molar-refractivity contribution >= 4 is 39.9 Å². The molecule has 0 aliphatic heterocycles. The number of nitrogens with one attached hydrogen (secondary N) is 3. The van der Waals surface area contributed by atoms with Crippen LogP contribution >= 0.6 is 11.6 Å². The fourth-order valence-corrected chi connectivity index (χ4v) is 3.02. The first-order valence-electron chi connectivity index (χ1n) is 9.15. The fourth-order valence-electron chi connectivity index (χ4n) is 2.86. The van der Waals surface area contributed by atoms with Crippen molar-refractivity contribution < 1.29 is 14.3 Å². The second-order valence-corrected chi connectivity index (χ2v) is 6.68. The van der Waals surface area contributed by atoms with Gasteiger partial charge in [-0.05, 0) is 42.8 Å². The number of anilines is 2. The standard InChI is InChI=1S/C21H23ClN4O3/c1-28-15-5-7-18(20(13-15)29-2)26-21(27)25-10-3-9-23-17-8-11-24-19-12-14(22)4-6-16(17)19/h4-8,11-13H,3,9-10H2,1-2H3,(H,23,24)(H2,25,26,27). The van der Waals surface area contributed by atoms with Gasteiger partial charge in [0.05, 0.1) is 25.4 Å². The lowest BCUT2D eigenvalue weighted by atomic mass is 10.2. The molecule has 2 amide bonds. The molecule has 0 bridgehead atoms. The normalized spacial score (nSPS) is 10.4. The summed E-state index contributed by atoms with van der Waals surface area (Å²) in [6, 6.07) is 12.5. The predicted molar refractivity (Wildman–Crippen MR) is 116 cm³/mol. The molecule has 0 radical (unpaired) electrons. The zero-order valence-corrected chi connectivity index (χ0v) is 17.0. The number of pyridine rings is 1. The van der Waals surface area contributed by atoms with Crippen molar-refractivity contribution in [2.24, 2.45) is 0 Å². The number of carbonyl (C=O) groups is 1. The lowest BCUT2D eigenvalue weighted by Crippen LogP contribution is -2.30. The van der Waals surface area contributed by atoms with Crippen LogP contribution in [0.1, 0.15) is 6.42 Å². The van der Waals surface area contributed by atoms with Crippen LogP contribution in [-0.2, 0) is 0 Å². The first-order chi connectivity index (χ1) is 14.1. The molecule has 152 valence electrons. The highest BCUT2D eigenvalue weighted by Gasteiger charge is 2.08. The van der Waals surface area contributed by atoms with Crippen molar-refractivity contribution in [3.8, 4) is 11.5 Å². The van der Waals surface area contributed by atoms with E-state index in [0.717, 1.165) is 23.0 Å². The summed E-state index contributed by atoms with van der Waals surface area (Å²) < 4.78 is 10.4. The molecule has 3 aromatic rings. The molecule has 0 spiro atoms. The van der Waals surface area contributed by atoms with Crippen molar-refractivity contribution in [1.82, 2.24) is 10.3 Å². The van der Waals surface area contributed by atoms with E-state index in [4.69, 9.17) is 21.1 Å². The summed E-state index contributed by atoms with van der Waals surface area (Å²) in [5, 5.41) is 10.7. The van der Waals surface area contributed by atoms with E-state index < -0.39 is 0 Å². The number of benzene rings is 2. The van der Waals surface area contributed by atoms with Gasteiger partial charge in [-0.3, -0.25) is 4.98 Å². The summed E-state index contributed by atoms with van der Waals surface area (Å²) in [4.78, 5) is 16.5. The number of hydrogen-bond donors (Lipinski definition) is 3. The van der Waals surface area contributed by atoms with Gasteiger partial charge in [0.1, 0.15) is 11.5 Å². The molecule has 0 unspecified atom stereocenters. The maximum Gasteiger partial charge on any atom is 0.319 e. The summed E-state index contributed by atoms with van der Waals surface area (Å²) >= 11 is 6.02. The van der Waals surface area contributed by atoms with Gasteiger partial charge in [-0.15, -0.1) is 0 Å². The Morgan fingerprint density at radius 3 is 2.69 bits per heavy atom. The highest BCUT2D eigenvalue weighted by molar-refractivity contribution is 6.31. The number of aromatic nitrogens is 1. The zero-order valence-electron chi connectivity index (χ0n) is 16.3. The lowest BCUT2D eigenvalue weighted by molar-refractivity contribution is 0.252. The number of carbonyl (C=O) groups excluding carboxylic acids is 1. The minimum atomic E-state index is -0.294. The van der Waals surface area contributed by atoms with Crippen LogP contribution < -0.4 is 25.4 Å². The largest absolute Gasteiger partial charge is 0.497 e. The van der Waals surface area contributed by atoms with Gasteiger partial charge in [0.15, 0.2) is 0 Å². The van der Waals surface area contributed by atoms with Crippen molar-refractivity contribution in [2.75, 3.05) is 37.9 Å². The molecular weight excluding hydrogens is 392 g/mol. The Morgan fingerprint density at radius 2 is 1.90 bits per heavy atom. The molecule has 0 fully saturated rings. The molecule has 0 saturated heterocycles. The Balaban J connectivity index is 1.46. The van der Waals surface area contributed by atoms with E-state index in [-0.39, 0.29) is 6.03 Å². The van der Waals surface area contributed by atoms with Crippen molar-refractivity contribution in [2.45, 2.75) is 6.42 Å². The Morgan fingerprint density at radius 1 is 1.03 bits per heavy atom. The maximum atomic E-state index is 12.1. The number of amides is 2. The van der Waals surface area contributed by atoms with Gasteiger partial charge in [0, 0.05) is 41.4 Å². The van der Waals surface area contributed by atoms with E-state index in [9.17, 15) is 4.79 Å². The molecule has 0 atom stereocenters. The number of ether oxygens (including phenoxy) is 2. The molecule has 0 saturated carbocycles. The molecule has 1 heterocycles.